The number of hydrogen-bond acceptors (Lipinski definition) is 2. The van der Waals surface area contributed by atoms with Gasteiger partial charge in [0.15, 0.2) is 0 Å². The molecule has 3 heteroatoms. The number of benzene rings is 1. The molecular formula is C11H14INS. The average Bonchev–Trinajstić information content (AvgIpc) is 2.62. The average molecular weight is 319 g/mol. The second-order valence-corrected chi connectivity index (χ2v) is 6.29. The molecule has 76 valence electrons. The Morgan fingerprint density at radius 1 is 1.29 bits per heavy atom. The zero-order chi connectivity index (χ0) is 9.97. The van der Waals surface area contributed by atoms with Crippen molar-refractivity contribution in [3.8, 4) is 0 Å². The van der Waals surface area contributed by atoms with E-state index in [4.69, 9.17) is 5.73 Å². The van der Waals surface area contributed by atoms with E-state index in [0.29, 0.717) is 0 Å². The van der Waals surface area contributed by atoms with Crippen molar-refractivity contribution in [2.24, 2.45) is 0 Å². The lowest BCUT2D eigenvalue weighted by molar-refractivity contribution is 0.886. The molecule has 0 unspecified atom stereocenters. The van der Waals surface area contributed by atoms with Gasteiger partial charge in [-0.2, -0.15) is 0 Å². The molecule has 0 aliphatic heterocycles. The normalized spacial score (nSPS) is 17.5. The highest BCUT2D eigenvalue weighted by atomic mass is 127. The van der Waals surface area contributed by atoms with Crippen molar-refractivity contribution in [3.63, 3.8) is 0 Å². The van der Waals surface area contributed by atoms with Crippen molar-refractivity contribution in [3.05, 3.63) is 21.8 Å². The molecule has 1 aromatic rings. The highest BCUT2D eigenvalue weighted by Gasteiger charge is 2.16. The summed E-state index contributed by atoms with van der Waals surface area (Å²) < 4.78 is 1.22. The monoisotopic (exact) mass is 319 g/mol. The summed E-state index contributed by atoms with van der Waals surface area (Å²) in [5, 5.41) is 0.803. The molecule has 2 N–H and O–H groups in total. The molecule has 1 aromatic carbocycles. The number of rotatable bonds is 2. The molecule has 0 spiro atoms. The first kappa shape index (κ1) is 10.6. The van der Waals surface area contributed by atoms with Gasteiger partial charge < -0.3 is 5.73 Å². The van der Waals surface area contributed by atoms with Crippen LogP contribution in [0.2, 0.25) is 0 Å². The number of halogens is 1. The molecule has 1 aliphatic carbocycles. The first-order chi connectivity index (χ1) is 6.75. The molecule has 1 nitrogen and oxygen atoms in total. The molecule has 1 fully saturated rings. The minimum Gasteiger partial charge on any atom is -0.398 e. The Morgan fingerprint density at radius 3 is 2.64 bits per heavy atom. The number of hydrogen-bond donors (Lipinski definition) is 1. The fourth-order valence-electron chi connectivity index (χ4n) is 1.81. The summed E-state index contributed by atoms with van der Waals surface area (Å²) in [5.74, 6) is 0. The van der Waals surface area contributed by atoms with Crippen LogP contribution >= 0.6 is 34.4 Å². The van der Waals surface area contributed by atoms with Crippen LogP contribution in [-0.2, 0) is 0 Å². The van der Waals surface area contributed by atoms with Crippen LogP contribution in [-0.4, -0.2) is 5.25 Å². The minimum atomic E-state index is 0.803. The molecule has 1 saturated carbocycles. The fraction of sp³-hybridized carbons (Fsp3) is 0.455. The molecular weight excluding hydrogens is 305 g/mol. The van der Waals surface area contributed by atoms with E-state index in [2.05, 4.69) is 40.8 Å². The summed E-state index contributed by atoms with van der Waals surface area (Å²) in [7, 11) is 0. The second-order valence-electron chi connectivity index (χ2n) is 3.71. The highest BCUT2D eigenvalue weighted by Crippen LogP contribution is 2.37. The summed E-state index contributed by atoms with van der Waals surface area (Å²) in [6, 6.07) is 6.34. The molecule has 0 amide bonds. The van der Waals surface area contributed by atoms with Gasteiger partial charge in [-0.1, -0.05) is 12.8 Å². The molecule has 1 aliphatic rings. The van der Waals surface area contributed by atoms with Crippen LogP contribution < -0.4 is 5.73 Å². The quantitative estimate of drug-likeness (QED) is 0.661. The third-order valence-electron chi connectivity index (χ3n) is 2.57. The maximum absolute atomic E-state index is 5.97. The third kappa shape index (κ3) is 2.57. The fourth-order valence-corrected chi connectivity index (χ4v) is 3.60. The number of anilines is 1. The van der Waals surface area contributed by atoms with Gasteiger partial charge in [0.05, 0.1) is 0 Å². The van der Waals surface area contributed by atoms with Gasteiger partial charge in [-0.05, 0) is 53.6 Å². The minimum absolute atomic E-state index is 0.803. The van der Waals surface area contributed by atoms with E-state index in [-0.39, 0.29) is 0 Å². The van der Waals surface area contributed by atoms with Gasteiger partial charge in [-0.15, -0.1) is 11.8 Å². The lowest BCUT2D eigenvalue weighted by Crippen LogP contribution is -1.96. The summed E-state index contributed by atoms with van der Waals surface area (Å²) >= 11 is 4.26. The first-order valence-corrected chi connectivity index (χ1v) is 6.93. The van der Waals surface area contributed by atoms with Crippen LogP contribution in [0.1, 0.15) is 25.7 Å². The molecule has 0 bridgehead atoms. The predicted octanol–water partition coefficient (Wildman–Crippen LogP) is 3.91. The van der Waals surface area contributed by atoms with Crippen LogP contribution in [0.5, 0.6) is 0 Å². The van der Waals surface area contributed by atoms with E-state index in [1.54, 1.807) is 0 Å². The molecule has 0 saturated heterocycles. The predicted molar refractivity (Wildman–Crippen MR) is 71.7 cm³/mol. The Labute approximate surface area is 103 Å². The largest absolute Gasteiger partial charge is 0.398 e. The second kappa shape index (κ2) is 4.75. The summed E-state index contributed by atoms with van der Waals surface area (Å²) in [4.78, 5) is 1.26. The van der Waals surface area contributed by atoms with Crippen LogP contribution in [0.3, 0.4) is 0 Å². The van der Waals surface area contributed by atoms with Gasteiger partial charge >= 0.3 is 0 Å². The van der Waals surface area contributed by atoms with Crippen LogP contribution in [0.15, 0.2) is 23.1 Å². The van der Waals surface area contributed by atoms with Crippen molar-refractivity contribution in [1.82, 2.24) is 0 Å². The molecule has 14 heavy (non-hydrogen) atoms. The molecule has 0 radical (unpaired) electrons. The van der Waals surface area contributed by atoms with E-state index in [1.807, 2.05) is 11.8 Å². The lowest BCUT2D eigenvalue weighted by Gasteiger charge is -2.10. The number of thioether (sulfide) groups is 1. The van der Waals surface area contributed by atoms with Crippen LogP contribution in [0.25, 0.3) is 0 Å². The van der Waals surface area contributed by atoms with E-state index in [9.17, 15) is 0 Å². The molecule has 2 rings (SSSR count). The smallest absolute Gasteiger partial charge is 0.0462 e. The van der Waals surface area contributed by atoms with Crippen molar-refractivity contribution >= 4 is 40.0 Å². The van der Waals surface area contributed by atoms with Gasteiger partial charge in [-0.25, -0.2) is 0 Å². The maximum atomic E-state index is 5.97. The lowest BCUT2D eigenvalue weighted by atomic mass is 10.3. The van der Waals surface area contributed by atoms with E-state index >= 15 is 0 Å². The van der Waals surface area contributed by atoms with Crippen molar-refractivity contribution in [1.29, 1.82) is 0 Å². The van der Waals surface area contributed by atoms with E-state index in [0.717, 1.165) is 10.9 Å². The highest BCUT2D eigenvalue weighted by molar-refractivity contribution is 14.1. The SMILES string of the molecule is Nc1cc(I)ccc1SC1CCCC1. The molecule has 0 atom stereocenters. The maximum Gasteiger partial charge on any atom is 0.0462 e. The van der Waals surface area contributed by atoms with E-state index in [1.165, 1.54) is 34.1 Å². The van der Waals surface area contributed by atoms with Gasteiger partial charge in [0, 0.05) is 19.4 Å². The van der Waals surface area contributed by atoms with E-state index < -0.39 is 0 Å². The molecule has 0 heterocycles. The summed E-state index contributed by atoms with van der Waals surface area (Å²) in [5.41, 5.74) is 6.91. The summed E-state index contributed by atoms with van der Waals surface area (Å²) in [6.45, 7) is 0. The Kier molecular flexibility index (Phi) is 3.60. The molecule has 0 aromatic heterocycles. The zero-order valence-electron chi connectivity index (χ0n) is 8.00. The van der Waals surface area contributed by atoms with Crippen molar-refractivity contribution in [2.45, 2.75) is 35.8 Å². The van der Waals surface area contributed by atoms with Crippen molar-refractivity contribution in [2.75, 3.05) is 5.73 Å². The number of nitrogen functional groups attached to an aromatic ring is 1. The Morgan fingerprint density at radius 2 is 2.00 bits per heavy atom. The first-order valence-electron chi connectivity index (χ1n) is 4.97. The van der Waals surface area contributed by atoms with Gasteiger partial charge in [0.2, 0.25) is 0 Å². The Bertz CT molecular complexity index is 321. The summed E-state index contributed by atoms with van der Waals surface area (Å²) in [6.07, 6.45) is 5.50. The Balaban J connectivity index is 2.08. The number of nitrogens with two attached hydrogens (primary N) is 1. The van der Waals surface area contributed by atoms with Gasteiger partial charge in [0.25, 0.3) is 0 Å². The topological polar surface area (TPSA) is 26.0 Å². The van der Waals surface area contributed by atoms with Crippen LogP contribution in [0.4, 0.5) is 5.69 Å². The standard InChI is InChI=1S/C11H14INS/c12-8-5-6-11(10(13)7-8)14-9-3-1-2-4-9/h5-7,9H,1-4,13H2. The van der Waals surface area contributed by atoms with Crippen molar-refractivity contribution < 1.29 is 0 Å². The van der Waals surface area contributed by atoms with Crippen LogP contribution in [0, 0.1) is 3.57 Å². The van der Waals surface area contributed by atoms with Gasteiger partial charge in [0.1, 0.15) is 0 Å². The third-order valence-corrected chi connectivity index (χ3v) is 4.67. The zero-order valence-corrected chi connectivity index (χ0v) is 11.0. The Hall–Kier alpha value is 0.1000. The van der Waals surface area contributed by atoms with Gasteiger partial charge in [-0.3, -0.25) is 0 Å².